The molecule has 0 amide bonds. The van der Waals surface area contributed by atoms with Crippen molar-refractivity contribution < 1.29 is 0 Å². The number of nitrogens with zero attached hydrogens (tertiary/aromatic N) is 3. The monoisotopic (exact) mass is 396 g/mol. The molecule has 4 nitrogen and oxygen atoms in total. The van der Waals surface area contributed by atoms with Gasteiger partial charge < -0.3 is 0 Å². The van der Waals surface area contributed by atoms with Crippen LogP contribution in [0, 0.1) is 5.41 Å². The second-order valence-corrected chi connectivity index (χ2v) is 7.90. The second-order valence-electron chi connectivity index (χ2n) is 6.98. The van der Waals surface area contributed by atoms with Crippen LogP contribution < -0.4 is 5.43 Å². The molecule has 1 aromatic heterocycles. The van der Waals surface area contributed by atoms with E-state index >= 15 is 0 Å². The van der Waals surface area contributed by atoms with Gasteiger partial charge in [-0.2, -0.15) is 5.10 Å². The molecule has 0 unspecified atom stereocenters. The lowest BCUT2D eigenvalue weighted by molar-refractivity contribution is 0.586. The van der Waals surface area contributed by atoms with Gasteiger partial charge in [-0.05, 0) is 25.1 Å². The Bertz CT molecular complexity index is 928. The van der Waals surface area contributed by atoms with Crippen LogP contribution in [0.25, 0.3) is 22.2 Å². The normalized spacial score (nSPS) is 12.4. The van der Waals surface area contributed by atoms with Gasteiger partial charge in [-0.3, -0.25) is 0 Å². The van der Waals surface area contributed by atoms with E-state index in [1.165, 1.54) is 0 Å². The highest BCUT2D eigenvalue weighted by Crippen LogP contribution is 2.29. The SMILES string of the molecule is CC(=NNc1nc(-c2ccccc2)c2cc(Br)ccc2n1)C(C)(C)C. The van der Waals surface area contributed by atoms with Crippen molar-refractivity contribution in [1.29, 1.82) is 0 Å². The van der Waals surface area contributed by atoms with Gasteiger partial charge in [0.15, 0.2) is 0 Å². The summed E-state index contributed by atoms with van der Waals surface area (Å²) in [5.41, 5.74) is 6.83. The van der Waals surface area contributed by atoms with Crippen LogP contribution in [0.15, 0.2) is 58.1 Å². The Morgan fingerprint density at radius 2 is 1.76 bits per heavy atom. The Kier molecular flexibility index (Phi) is 4.86. The molecule has 3 rings (SSSR count). The Morgan fingerprint density at radius 1 is 1.04 bits per heavy atom. The highest BCUT2D eigenvalue weighted by Gasteiger charge is 2.15. The first-order valence-electron chi connectivity index (χ1n) is 8.18. The van der Waals surface area contributed by atoms with E-state index in [2.05, 4.69) is 64.3 Å². The molecule has 0 aliphatic carbocycles. The highest BCUT2D eigenvalue weighted by atomic mass is 79.9. The number of benzene rings is 2. The van der Waals surface area contributed by atoms with Crippen molar-refractivity contribution >= 4 is 38.5 Å². The lowest BCUT2D eigenvalue weighted by Crippen LogP contribution is -2.18. The molecule has 0 saturated heterocycles. The number of halogens is 1. The third kappa shape index (κ3) is 4.04. The van der Waals surface area contributed by atoms with Crippen LogP contribution in [-0.4, -0.2) is 15.7 Å². The van der Waals surface area contributed by atoms with Gasteiger partial charge in [0.05, 0.1) is 11.2 Å². The largest absolute Gasteiger partial charge is 0.245 e. The van der Waals surface area contributed by atoms with E-state index in [1.54, 1.807) is 0 Å². The van der Waals surface area contributed by atoms with Gasteiger partial charge in [0.25, 0.3) is 0 Å². The van der Waals surface area contributed by atoms with Crippen molar-refractivity contribution in [3.63, 3.8) is 0 Å². The molecule has 0 bridgehead atoms. The average Bonchev–Trinajstić information content (AvgIpc) is 2.59. The van der Waals surface area contributed by atoms with Crippen LogP contribution in [-0.2, 0) is 0 Å². The smallest absolute Gasteiger partial charge is 0.244 e. The zero-order valence-corrected chi connectivity index (χ0v) is 16.4. The summed E-state index contributed by atoms with van der Waals surface area (Å²) in [5, 5.41) is 5.46. The minimum absolute atomic E-state index is 0.00300. The Labute approximate surface area is 156 Å². The fourth-order valence-electron chi connectivity index (χ4n) is 2.27. The van der Waals surface area contributed by atoms with E-state index in [0.29, 0.717) is 5.95 Å². The van der Waals surface area contributed by atoms with Crippen molar-refractivity contribution in [2.24, 2.45) is 10.5 Å². The van der Waals surface area contributed by atoms with Gasteiger partial charge in [0, 0.05) is 26.5 Å². The van der Waals surface area contributed by atoms with Gasteiger partial charge in [0.1, 0.15) is 0 Å². The van der Waals surface area contributed by atoms with Gasteiger partial charge in [-0.1, -0.05) is 67.0 Å². The third-order valence-electron chi connectivity index (χ3n) is 4.11. The molecule has 1 heterocycles. The first kappa shape index (κ1) is 17.5. The molecular weight excluding hydrogens is 376 g/mol. The number of hydrazone groups is 1. The zero-order chi connectivity index (χ0) is 18.0. The van der Waals surface area contributed by atoms with Crippen LogP contribution in [0.4, 0.5) is 5.95 Å². The number of anilines is 1. The van der Waals surface area contributed by atoms with E-state index < -0.39 is 0 Å². The van der Waals surface area contributed by atoms with E-state index in [-0.39, 0.29) is 5.41 Å². The topological polar surface area (TPSA) is 50.2 Å². The molecule has 3 aromatic rings. The van der Waals surface area contributed by atoms with Gasteiger partial charge in [0.2, 0.25) is 5.95 Å². The number of fused-ring (bicyclic) bond motifs is 1. The summed E-state index contributed by atoms with van der Waals surface area (Å²) in [7, 11) is 0. The Balaban J connectivity index is 2.11. The number of hydrogen-bond acceptors (Lipinski definition) is 4. The van der Waals surface area contributed by atoms with Crippen molar-refractivity contribution in [2.75, 3.05) is 5.43 Å². The maximum Gasteiger partial charge on any atom is 0.244 e. The van der Waals surface area contributed by atoms with E-state index in [0.717, 1.165) is 32.3 Å². The summed E-state index contributed by atoms with van der Waals surface area (Å²) < 4.78 is 1.00. The Hall–Kier alpha value is -2.27. The molecular formula is C20H21BrN4. The van der Waals surface area contributed by atoms with Crippen molar-refractivity contribution in [1.82, 2.24) is 9.97 Å². The standard InChI is InChI=1S/C20H21BrN4/c1-13(20(2,3)4)24-25-19-22-17-11-10-15(21)12-16(17)18(23-19)14-8-6-5-7-9-14/h5-12H,1-4H3,(H,22,23,25). The van der Waals surface area contributed by atoms with Crippen molar-refractivity contribution in [3.05, 3.63) is 53.0 Å². The molecule has 0 spiro atoms. The Morgan fingerprint density at radius 3 is 2.44 bits per heavy atom. The summed E-state index contributed by atoms with van der Waals surface area (Å²) >= 11 is 3.54. The maximum atomic E-state index is 4.72. The van der Waals surface area contributed by atoms with Gasteiger partial charge in [-0.15, -0.1) is 0 Å². The molecule has 25 heavy (non-hydrogen) atoms. The molecule has 0 aliphatic rings. The minimum atomic E-state index is -0.00300. The second kappa shape index (κ2) is 6.92. The lowest BCUT2D eigenvalue weighted by atomic mass is 9.91. The lowest BCUT2D eigenvalue weighted by Gasteiger charge is -2.17. The predicted molar refractivity (Wildman–Crippen MR) is 109 cm³/mol. The molecule has 0 saturated carbocycles. The molecule has 0 aliphatic heterocycles. The molecule has 1 N–H and O–H groups in total. The summed E-state index contributed by atoms with van der Waals surface area (Å²) in [4.78, 5) is 9.32. The summed E-state index contributed by atoms with van der Waals surface area (Å²) in [6.07, 6.45) is 0. The van der Waals surface area contributed by atoms with Crippen LogP contribution in [0.3, 0.4) is 0 Å². The first-order chi connectivity index (χ1) is 11.8. The van der Waals surface area contributed by atoms with Crippen LogP contribution in [0.2, 0.25) is 0 Å². The van der Waals surface area contributed by atoms with E-state index in [9.17, 15) is 0 Å². The molecule has 128 valence electrons. The van der Waals surface area contributed by atoms with E-state index in [1.807, 2.05) is 43.3 Å². The quantitative estimate of drug-likeness (QED) is 0.443. The third-order valence-corrected chi connectivity index (χ3v) is 4.61. The number of rotatable bonds is 3. The number of aromatic nitrogens is 2. The number of nitrogens with one attached hydrogen (secondary N) is 1. The van der Waals surface area contributed by atoms with Crippen LogP contribution >= 0.6 is 15.9 Å². The van der Waals surface area contributed by atoms with Gasteiger partial charge >= 0.3 is 0 Å². The van der Waals surface area contributed by atoms with E-state index in [4.69, 9.17) is 4.98 Å². The molecule has 2 aromatic carbocycles. The predicted octanol–water partition coefficient (Wildman–Crippen LogP) is 5.89. The average molecular weight is 397 g/mol. The summed E-state index contributed by atoms with van der Waals surface area (Å²) in [6.45, 7) is 8.38. The fraction of sp³-hybridized carbons (Fsp3) is 0.250. The maximum absolute atomic E-state index is 4.72. The van der Waals surface area contributed by atoms with Gasteiger partial charge in [-0.25, -0.2) is 15.4 Å². The van der Waals surface area contributed by atoms with Crippen molar-refractivity contribution in [3.8, 4) is 11.3 Å². The molecule has 0 fully saturated rings. The summed E-state index contributed by atoms with van der Waals surface area (Å²) in [6, 6.07) is 16.1. The van der Waals surface area contributed by atoms with Crippen LogP contribution in [0.1, 0.15) is 27.7 Å². The number of hydrogen-bond donors (Lipinski definition) is 1. The minimum Gasteiger partial charge on any atom is -0.245 e. The fourth-order valence-corrected chi connectivity index (χ4v) is 2.63. The van der Waals surface area contributed by atoms with Crippen molar-refractivity contribution in [2.45, 2.75) is 27.7 Å². The zero-order valence-electron chi connectivity index (χ0n) is 14.8. The van der Waals surface area contributed by atoms with Crippen LogP contribution in [0.5, 0.6) is 0 Å². The molecule has 5 heteroatoms. The summed E-state index contributed by atoms with van der Waals surface area (Å²) in [5.74, 6) is 0.497. The molecule has 0 atom stereocenters. The first-order valence-corrected chi connectivity index (χ1v) is 8.97. The highest BCUT2D eigenvalue weighted by molar-refractivity contribution is 9.10. The molecule has 0 radical (unpaired) electrons.